The highest BCUT2D eigenvalue weighted by Gasteiger charge is 2.23. The van der Waals surface area contributed by atoms with Gasteiger partial charge < -0.3 is 19.1 Å². The highest BCUT2D eigenvalue weighted by atomic mass is 19.1. The number of rotatable bonds is 8. The van der Waals surface area contributed by atoms with E-state index in [0.29, 0.717) is 43.2 Å². The number of pyridine rings is 3. The second-order valence-electron chi connectivity index (χ2n) is 7.15. The Morgan fingerprint density at radius 2 is 1.97 bits per heavy atom. The Balaban J connectivity index is 1.41. The normalized spacial score (nSPS) is 12.8. The van der Waals surface area contributed by atoms with E-state index in [9.17, 15) is 9.18 Å². The number of hydrogen-bond donors (Lipinski definition) is 0. The number of carbonyl (C=O) groups is 1. The Morgan fingerprint density at radius 3 is 2.75 bits per heavy atom. The molecule has 1 aliphatic rings. The second-order valence-corrected chi connectivity index (χ2v) is 7.15. The SMILES string of the molecule is COc1ccc(COc2cnc3c(c2)CN(C(=O)c2ccnc(OCCF)c2)CC3)nc1. The minimum absolute atomic E-state index is 0.0950. The van der Waals surface area contributed by atoms with Gasteiger partial charge in [0.25, 0.3) is 5.91 Å². The van der Waals surface area contributed by atoms with Crippen molar-refractivity contribution < 1.29 is 23.4 Å². The molecule has 0 aromatic carbocycles. The van der Waals surface area contributed by atoms with Crippen molar-refractivity contribution >= 4 is 5.91 Å². The number of aromatic nitrogens is 3. The average molecular weight is 438 g/mol. The number of ether oxygens (including phenoxy) is 3. The third-order valence-electron chi connectivity index (χ3n) is 5.03. The Hall–Kier alpha value is -3.75. The van der Waals surface area contributed by atoms with Gasteiger partial charge in [0.15, 0.2) is 0 Å². The van der Waals surface area contributed by atoms with Gasteiger partial charge in [-0.25, -0.2) is 9.37 Å². The summed E-state index contributed by atoms with van der Waals surface area (Å²) in [6, 6.07) is 8.74. The van der Waals surface area contributed by atoms with Crippen molar-refractivity contribution in [3.8, 4) is 17.4 Å². The molecule has 0 N–H and O–H groups in total. The lowest BCUT2D eigenvalue weighted by Crippen LogP contribution is -2.36. The minimum Gasteiger partial charge on any atom is -0.495 e. The van der Waals surface area contributed by atoms with Crippen molar-refractivity contribution in [2.24, 2.45) is 0 Å². The van der Waals surface area contributed by atoms with Crippen LogP contribution in [-0.4, -0.2) is 52.7 Å². The van der Waals surface area contributed by atoms with Gasteiger partial charge in [-0.1, -0.05) is 0 Å². The number of hydrogen-bond acceptors (Lipinski definition) is 7. The first kappa shape index (κ1) is 21.5. The summed E-state index contributed by atoms with van der Waals surface area (Å²) in [6.07, 6.45) is 5.47. The van der Waals surface area contributed by atoms with Gasteiger partial charge in [0.1, 0.15) is 31.4 Å². The van der Waals surface area contributed by atoms with Crippen molar-refractivity contribution in [1.82, 2.24) is 19.9 Å². The molecule has 4 rings (SSSR count). The van der Waals surface area contributed by atoms with Crippen molar-refractivity contribution in [3.63, 3.8) is 0 Å². The molecule has 0 spiro atoms. The zero-order chi connectivity index (χ0) is 22.3. The molecule has 1 aliphatic heterocycles. The molecule has 4 heterocycles. The molecular weight excluding hydrogens is 415 g/mol. The summed E-state index contributed by atoms with van der Waals surface area (Å²) in [5, 5.41) is 0. The van der Waals surface area contributed by atoms with Crippen LogP contribution in [0.15, 0.2) is 48.9 Å². The monoisotopic (exact) mass is 438 g/mol. The van der Waals surface area contributed by atoms with Gasteiger partial charge in [-0.2, -0.15) is 0 Å². The quantitative estimate of drug-likeness (QED) is 0.534. The standard InChI is InChI=1S/C23H23FN4O4/c1-30-19-3-2-18(26-12-19)15-32-20-10-17-14-28(8-5-21(17)27-13-20)23(29)16-4-7-25-22(11-16)31-9-6-24/h2-4,7,10-13H,5-6,8-9,14-15H2,1H3. The van der Waals surface area contributed by atoms with Gasteiger partial charge in [-0.15, -0.1) is 0 Å². The maximum atomic E-state index is 13.0. The molecule has 0 saturated heterocycles. The smallest absolute Gasteiger partial charge is 0.254 e. The lowest BCUT2D eigenvalue weighted by molar-refractivity contribution is 0.0732. The molecule has 9 heteroatoms. The molecule has 8 nitrogen and oxygen atoms in total. The molecule has 0 unspecified atom stereocenters. The van der Waals surface area contributed by atoms with Crippen LogP contribution in [-0.2, 0) is 19.6 Å². The summed E-state index contributed by atoms with van der Waals surface area (Å²) in [5.74, 6) is 1.39. The summed E-state index contributed by atoms with van der Waals surface area (Å²) in [6.45, 7) is 0.558. The van der Waals surface area contributed by atoms with E-state index in [0.717, 1.165) is 17.0 Å². The fraction of sp³-hybridized carbons (Fsp3) is 0.304. The number of fused-ring (bicyclic) bond motifs is 1. The Bertz CT molecular complexity index is 1080. The third-order valence-corrected chi connectivity index (χ3v) is 5.03. The zero-order valence-electron chi connectivity index (χ0n) is 17.7. The molecule has 3 aromatic rings. The summed E-state index contributed by atoms with van der Waals surface area (Å²) < 4.78 is 28.5. The number of halogens is 1. The van der Waals surface area contributed by atoms with E-state index in [1.54, 1.807) is 30.5 Å². The van der Waals surface area contributed by atoms with Crippen LogP contribution in [0.4, 0.5) is 4.39 Å². The van der Waals surface area contributed by atoms with Gasteiger partial charge in [-0.05, 0) is 29.8 Å². The predicted molar refractivity (Wildman–Crippen MR) is 114 cm³/mol. The third kappa shape index (κ3) is 5.11. The fourth-order valence-electron chi connectivity index (χ4n) is 3.38. The van der Waals surface area contributed by atoms with Gasteiger partial charge in [-0.3, -0.25) is 14.8 Å². The van der Waals surface area contributed by atoms with Crippen LogP contribution in [0, 0.1) is 0 Å². The average Bonchev–Trinajstić information content (AvgIpc) is 2.85. The second kappa shape index (κ2) is 10.0. The molecular formula is C23H23FN4O4. The lowest BCUT2D eigenvalue weighted by Gasteiger charge is -2.28. The molecule has 166 valence electrons. The predicted octanol–water partition coefficient (Wildman–Crippen LogP) is 3.01. The summed E-state index contributed by atoms with van der Waals surface area (Å²) in [7, 11) is 1.59. The van der Waals surface area contributed by atoms with Gasteiger partial charge >= 0.3 is 0 Å². The van der Waals surface area contributed by atoms with Crippen molar-refractivity contribution in [3.05, 3.63) is 71.4 Å². The van der Waals surface area contributed by atoms with Gasteiger partial charge in [0, 0.05) is 43.0 Å². The zero-order valence-corrected chi connectivity index (χ0v) is 17.7. The first-order valence-electron chi connectivity index (χ1n) is 10.2. The molecule has 0 bridgehead atoms. The van der Waals surface area contributed by atoms with Gasteiger partial charge in [0.05, 0.1) is 25.2 Å². The van der Waals surface area contributed by atoms with Crippen molar-refractivity contribution in [1.29, 1.82) is 0 Å². The molecule has 0 aliphatic carbocycles. The Labute approximate surface area is 185 Å². The maximum absolute atomic E-state index is 13.0. The number of amides is 1. The van der Waals surface area contributed by atoms with Gasteiger partial charge in [0.2, 0.25) is 5.88 Å². The lowest BCUT2D eigenvalue weighted by atomic mass is 10.0. The van der Waals surface area contributed by atoms with E-state index in [4.69, 9.17) is 14.2 Å². The largest absolute Gasteiger partial charge is 0.495 e. The highest BCUT2D eigenvalue weighted by molar-refractivity contribution is 5.94. The molecule has 1 amide bonds. The maximum Gasteiger partial charge on any atom is 0.254 e. The molecule has 0 saturated carbocycles. The summed E-state index contributed by atoms with van der Waals surface area (Å²) >= 11 is 0. The summed E-state index contributed by atoms with van der Waals surface area (Å²) in [5.41, 5.74) is 3.10. The van der Waals surface area contributed by atoms with Crippen LogP contribution >= 0.6 is 0 Å². The van der Waals surface area contributed by atoms with Crippen LogP contribution in [0.1, 0.15) is 27.3 Å². The Morgan fingerprint density at radius 1 is 1.09 bits per heavy atom. The van der Waals surface area contributed by atoms with Crippen LogP contribution in [0.2, 0.25) is 0 Å². The van der Waals surface area contributed by atoms with Crippen molar-refractivity contribution in [2.45, 2.75) is 19.6 Å². The number of carbonyl (C=O) groups excluding carboxylic acids is 1. The number of alkyl halides is 1. The molecule has 0 radical (unpaired) electrons. The summed E-state index contributed by atoms with van der Waals surface area (Å²) in [4.78, 5) is 27.5. The number of methoxy groups -OCH3 is 1. The Kier molecular flexibility index (Phi) is 6.74. The van der Waals surface area contributed by atoms with E-state index in [1.165, 1.54) is 12.3 Å². The van der Waals surface area contributed by atoms with Crippen LogP contribution < -0.4 is 14.2 Å². The van der Waals surface area contributed by atoms with E-state index in [1.807, 2.05) is 18.2 Å². The number of nitrogens with zero attached hydrogens (tertiary/aromatic N) is 4. The van der Waals surface area contributed by atoms with Crippen LogP contribution in [0.25, 0.3) is 0 Å². The first-order valence-corrected chi connectivity index (χ1v) is 10.2. The molecule has 3 aromatic heterocycles. The van der Waals surface area contributed by atoms with Crippen molar-refractivity contribution in [2.75, 3.05) is 26.9 Å². The molecule has 0 fully saturated rings. The van der Waals surface area contributed by atoms with E-state index < -0.39 is 6.67 Å². The minimum atomic E-state index is -0.616. The fourth-order valence-corrected chi connectivity index (χ4v) is 3.38. The van der Waals surface area contributed by atoms with E-state index in [-0.39, 0.29) is 18.4 Å². The van der Waals surface area contributed by atoms with Crippen LogP contribution in [0.5, 0.6) is 17.4 Å². The topological polar surface area (TPSA) is 86.7 Å². The molecule has 32 heavy (non-hydrogen) atoms. The molecule has 0 atom stereocenters. The van der Waals surface area contributed by atoms with E-state index in [2.05, 4.69) is 15.0 Å². The highest BCUT2D eigenvalue weighted by Crippen LogP contribution is 2.24. The van der Waals surface area contributed by atoms with Crippen LogP contribution in [0.3, 0.4) is 0 Å². The first-order chi connectivity index (χ1) is 15.7. The van der Waals surface area contributed by atoms with E-state index >= 15 is 0 Å².